The van der Waals surface area contributed by atoms with Gasteiger partial charge in [-0.2, -0.15) is 0 Å². The predicted octanol–water partition coefficient (Wildman–Crippen LogP) is 0.684. The zero-order chi connectivity index (χ0) is 8.55. The van der Waals surface area contributed by atoms with Crippen LogP contribution in [0.25, 0.3) is 0 Å². The molecule has 12 heavy (non-hydrogen) atoms. The third kappa shape index (κ3) is 1.73. The largest absolute Gasteiger partial charge is 0.438 e. The summed E-state index contributed by atoms with van der Waals surface area (Å²) in [5.74, 6) is 1.58. The minimum atomic E-state index is -0.723. The molecule has 1 aliphatic carbocycles. The lowest BCUT2D eigenvalue weighted by molar-refractivity contribution is 0.293. The number of fused-ring (bicyclic) bond motifs is 1. The van der Waals surface area contributed by atoms with Gasteiger partial charge in [-0.15, -0.1) is 0 Å². The standard InChI is InChI=1S/C9H18O2Si/c1-6(5-12-10)7-2-3-8-9(4-7)11-8/h6-10H,2-5,12H2,1H3. The molecule has 0 radical (unpaired) electrons. The Morgan fingerprint density at radius 1 is 1.50 bits per heavy atom. The van der Waals surface area contributed by atoms with Gasteiger partial charge >= 0.3 is 0 Å². The van der Waals surface area contributed by atoms with Gasteiger partial charge in [-0.1, -0.05) is 6.92 Å². The fourth-order valence-corrected chi connectivity index (χ4v) is 3.27. The molecular formula is C9H18O2Si. The van der Waals surface area contributed by atoms with Crippen molar-refractivity contribution in [2.45, 2.75) is 44.4 Å². The van der Waals surface area contributed by atoms with Crippen LogP contribution in [-0.4, -0.2) is 26.8 Å². The second-order valence-electron chi connectivity index (χ2n) is 4.28. The molecule has 0 aromatic rings. The summed E-state index contributed by atoms with van der Waals surface area (Å²) in [6.07, 6.45) is 5.09. The van der Waals surface area contributed by atoms with Gasteiger partial charge in [0.25, 0.3) is 0 Å². The highest BCUT2D eigenvalue weighted by molar-refractivity contribution is 6.25. The summed E-state index contributed by atoms with van der Waals surface area (Å²) in [6, 6.07) is 1.10. The van der Waals surface area contributed by atoms with Crippen molar-refractivity contribution < 1.29 is 9.53 Å². The molecule has 2 rings (SSSR count). The third-order valence-corrected chi connectivity index (χ3v) is 4.60. The zero-order valence-electron chi connectivity index (χ0n) is 7.70. The van der Waals surface area contributed by atoms with Gasteiger partial charge in [0, 0.05) is 0 Å². The quantitative estimate of drug-likeness (QED) is 0.519. The minimum absolute atomic E-state index is 0.603. The van der Waals surface area contributed by atoms with Crippen LogP contribution in [0.1, 0.15) is 26.2 Å². The first-order valence-electron chi connectivity index (χ1n) is 5.07. The molecule has 0 bridgehead atoms. The minimum Gasteiger partial charge on any atom is -0.438 e. The Morgan fingerprint density at radius 2 is 2.33 bits per heavy atom. The van der Waals surface area contributed by atoms with Crippen LogP contribution >= 0.6 is 0 Å². The molecule has 0 amide bonds. The molecule has 0 aromatic carbocycles. The van der Waals surface area contributed by atoms with Crippen molar-refractivity contribution in [2.75, 3.05) is 0 Å². The monoisotopic (exact) mass is 186 g/mol. The lowest BCUT2D eigenvalue weighted by atomic mass is 9.82. The van der Waals surface area contributed by atoms with Gasteiger partial charge < -0.3 is 9.53 Å². The molecule has 1 heterocycles. The van der Waals surface area contributed by atoms with E-state index >= 15 is 0 Å². The van der Waals surface area contributed by atoms with Gasteiger partial charge in [-0.25, -0.2) is 0 Å². The van der Waals surface area contributed by atoms with Crippen LogP contribution in [0.15, 0.2) is 0 Å². The van der Waals surface area contributed by atoms with Crippen LogP contribution in [-0.2, 0) is 4.74 Å². The molecule has 1 saturated carbocycles. The Hall–Kier alpha value is 0.137. The lowest BCUT2D eigenvalue weighted by Gasteiger charge is -2.24. The van der Waals surface area contributed by atoms with Gasteiger partial charge in [0.2, 0.25) is 0 Å². The molecule has 3 heteroatoms. The molecule has 0 aromatic heterocycles. The summed E-state index contributed by atoms with van der Waals surface area (Å²) in [5, 5.41) is 0. The van der Waals surface area contributed by atoms with Gasteiger partial charge in [0.05, 0.1) is 12.2 Å². The van der Waals surface area contributed by atoms with Crippen LogP contribution in [0.3, 0.4) is 0 Å². The van der Waals surface area contributed by atoms with Crippen molar-refractivity contribution in [3.63, 3.8) is 0 Å². The summed E-state index contributed by atoms with van der Waals surface area (Å²) in [5.41, 5.74) is 0. The Labute approximate surface area is 76.3 Å². The van der Waals surface area contributed by atoms with Crippen molar-refractivity contribution in [3.05, 3.63) is 0 Å². The Kier molecular flexibility index (Phi) is 2.53. The molecule has 70 valence electrons. The first-order valence-corrected chi connectivity index (χ1v) is 6.71. The highest BCUT2D eigenvalue weighted by atomic mass is 28.2. The molecule has 0 spiro atoms. The van der Waals surface area contributed by atoms with E-state index in [0.717, 1.165) is 17.9 Å². The van der Waals surface area contributed by atoms with E-state index in [1.165, 1.54) is 19.3 Å². The first kappa shape index (κ1) is 8.72. The molecule has 2 fully saturated rings. The maximum Gasteiger partial charge on any atom is 0.157 e. The van der Waals surface area contributed by atoms with Gasteiger partial charge in [-0.05, 0) is 37.1 Å². The van der Waals surface area contributed by atoms with E-state index in [1.54, 1.807) is 0 Å². The van der Waals surface area contributed by atoms with Gasteiger partial charge in [0.15, 0.2) is 9.76 Å². The van der Waals surface area contributed by atoms with E-state index in [2.05, 4.69) is 6.92 Å². The van der Waals surface area contributed by atoms with E-state index in [9.17, 15) is 0 Å². The molecule has 4 atom stereocenters. The van der Waals surface area contributed by atoms with Crippen LogP contribution in [0.2, 0.25) is 6.04 Å². The van der Waals surface area contributed by atoms with Crippen molar-refractivity contribution in [1.82, 2.24) is 0 Å². The summed E-state index contributed by atoms with van der Waals surface area (Å²) in [7, 11) is -0.723. The number of hydrogen-bond donors (Lipinski definition) is 1. The molecule has 2 aliphatic rings. The molecule has 2 nitrogen and oxygen atoms in total. The van der Waals surface area contributed by atoms with E-state index in [0.29, 0.717) is 12.2 Å². The maximum atomic E-state index is 8.95. The lowest BCUT2D eigenvalue weighted by Crippen LogP contribution is -2.20. The Morgan fingerprint density at radius 3 is 3.00 bits per heavy atom. The number of rotatable bonds is 3. The average molecular weight is 186 g/mol. The Bertz CT molecular complexity index is 163. The highest BCUT2D eigenvalue weighted by Crippen LogP contribution is 2.42. The molecule has 1 saturated heterocycles. The second-order valence-corrected chi connectivity index (χ2v) is 5.30. The van der Waals surface area contributed by atoms with E-state index in [4.69, 9.17) is 9.53 Å². The summed E-state index contributed by atoms with van der Waals surface area (Å²) in [4.78, 5) is 8.95. The first-order chi connectivity index (χ1) is 5.81. The van der Waals surface area contributed by atoms with E-state index in [-0.39, 0.29) is 0 Å². The number of ether oxygens (including phenoxy) is 1. The van der Waals surface area contributed by atoms with Crippen molar-refractivity contribution >= 4 is 9.76 Å². The SMILES string of the molecule is CC(C[SiH2]O)C1CCC2OC2C1. The highest BCUT2D eigenvalue weighted by Gasteiger charge is 2.44. The van der Waals surface area contributed by atoms with Crippen LogP contribution < -0.4 is 0 Å². The van der Waals surface area contributed by atoms with Gasteiger partial charge in [-0.3, -0.25) is 0 Å². The topological polar surface area (TPSA) is 32.8 Å². The summed E-state index contributed by atoms with van der Waals surface area (Å²) >= 11 is 0. The smallest absolute Gasteiger partial charge is 0.157 e. The average Bonchev–Trinajstić information content (AvgIpc) is 2.81. The zero-order valence-corrected chi connectivity index (χ0v) is 9.11. The van der Waals surface area contributed by atoms with E-state index in [1.807, 2.05) is 0 Å². The van der Waals surface area contributed by atoms with Crippen LogP contribution in [0.4, 0.5) is 0 Å². The van der Waals surface area contributed by atoms with E-state index < -0.39 is 9.76 Å². The third-order valence-electron chi connectivity index (χ3n) is 3.43. The summed E-state index contributed by atoms with van der Waals surface area (Å²) < 4.78 is 5.49. The molecule has 4 unspecified atom stereocenters. The van der Waals surface area contributed by atoms with Crippen LogP contribution in [0.5, 0.6) is 0 Å². The van der Waals surface area contributed by atoms with Gasteiger partial charge in [0.1, 0.15) is 0 Å². The molecule has 1 aliphatic heterocycles. The maximum absolute atomic E-state index is 8.95. The fraction of sp³-hybridized carbons (Fsp3) is 1.00. The number of epoxide rings is 1. The van der Waals surface area contributed by atoms with Crippen molar-refractivity contribution in [3.8, 4) is 0 Å². The predicted molar refractivity (Wildman–Crippen MR) is 50.7 cm³/mol. The fourth-order valence-electron chi connectivity index (χ4n) is 2.39. The number of hydrogen-bond acceptors (Lipinski definition) is 2. The summed E-state index contributed by atoms with van der Waals surface area (Å²) in [6.45, 7) is 2.29. The van der Waals surface area contributed by atoms with Crippen LogP contribution in [0, 0.1) is 11.8 Å². The normalized spacial score (nSPS) is 43.0. The second kappa shape index (κ2) is 3.48. The Balaban J connectivity index is 1.79. The molecule has 1 N–H and O–H groups in total. The molecular weight excluding hydrogens is 168 g/mol. The van der Waals surface area contributed by atoms with Crippen molar-refractivity contribution in [2.24, 2.45) is 11.8 Å². The van der Waals surface area contributed by atoms with Crippen molar-refractivity contribution in [1.29, 1.82) is 0 Å².